The highest BCUT2D eigenvalue weighted by molar-refractivity contribution is 6.89. The standard InChI is InChI=1S/C28H54O5Si4/c1-7-28(21-30-22-28)20-29-14-11-17-36(5)32-35(3,4)16-9-8-15-34(2)31-37(6,33-36)27-19-23-18-26(27)25-13-10-12-24(23)25/h10,13,23-27,34H,7-9,11-12,14-22H2,1-6H3. The average Bonchev–Trinajstić information content (AvgIpc) is 3.51. The molecule has 2 saturated heterocycles. The highest BCUT2D eigenvalue weighted by atomic mass is 28.5. The summed E-state index contributed by atoms with van der Waals surface area (Å²) in [6, 6.07) is 3.56. The van der Waals surface area contributed by atoms with E-state index in [1.807, 2.05) is 0 Å². The quantitative estimate of drug-likeness (QED) is 0.176. The second-order valence-corrected chi connectivity index (χ2v) is 28.5. The predicted octanol–water partition coefficient (Wildman–Crippen LogP) is 6.97. The van der Waals surface area contributed by atoms with Crippen molar-refractivity contribution < 1.29 is 21.8 Å². The molecule has 2 aliphatic heterocycles. The normalized spacial score (nSPS) is 44.8. The monoisotopic (exact) mass is 582 g/mol. The molecule has 0 radical (unpaired) electrons. The number of fused-ring (bicyclic) bond motifs is 5. The van der Waals surface area contributed by atoms with Crippen LogP contribution in [0.2, 0.25) is 56.4 Å². The van der Waals surface area contributed by atoms with E-state index < -0.39 is 34.5 Å². The molecule has 0 N–H and O–H groups in total. The molecule has 2 saturated carbocycles. The third-order valence-corrected chi connectivity index (χ3v) is 27.4. The van der Waals surface area contributed by atoms with Crippen LogP contribution in [0.4, 0.5) is 0 Å². The highest BCUT2D eigenvalue weighted by Gasteiger charge is 2.61. The lowest BCUT2D eigenvalue weighted by atomic mass is 9.81. The SMILES string of the molecule is CCC1(COCCC[Si]2(C)O[Si](C)(C)CCCC[SiH](C)O[Si](C)(C3CC4CC3C3C=CCC43)O2)COC1. The molecule has 9 heteroatoms. The lowest BCUT2D eigenvalue weighted by Crippen LogP contribution is -2.60. The van der Waals surface area contributed by atoms with Crippen molar-refractivity contribution in [2.75, 3.05) is 26.4 Å². The molecule has 0 aromatic heterocycles. The minimum atomic E-state index is -2.43. The summed E-state index contributed by atoms with van der Waals surface area (Å²) in [6.45, 7) is 17.8. The Morgan fingerprint density at radius 3 is 2.59 bits per heavy atom. The molecular weight excluding hydrogens is 529 g/mol. The smallest absolute Gasteiger partial charge is 0.319 e. The molecular formula is C28H54O5Si4. The first-order valence-corrected chi connectivity index (χ1v) is 25.9. The van der Waals surface area contributed by atoms with E-state index in [0.29, 0.717) is 5.54 Å². The summed E-state index contributed by atoms with van der Waals surface area (Å²) in [4.78, 5) is 0. The molecule has 212 valence electrons. The van der Waals surface area contributed by atoms with Crippen molar-refractivity contribution in [1.29, 1.82) is 0 Å². The van der Waals surface area contributed by atoms with Gasteiger partial charge in [0.2, 0.25) is 0 Å². The number of allylic oxidation sites excluding steroid dienone is 2. The average molecular weight is 583 g/mol. The van der Waals surface area contributed by atoms with Crippen molar-refractivity contribution >= 4 is 34.5 Å². The fourth-order valence-electron chi connectivity index (χ4n) is 8.53. The van der Waals surface area contributed by atoms with Crippen LogP contribution in [0.25, 0.3) is 0 Å². The van der Waals surface area contributed by atoms with Gasteiger partial charge in [-0.05, 0) is 107 Å². The molecule has 0 aromatic carbocycles. The van der Waals surface area contributed by atoms with Gasteiger partial charge in [-0.1, -0.05) is 31.9 Å². The van der Waals surface area contributed by atoms with Crippen molar-refractivity contribution in [3.63, 3.8) is 0 Å². The summed E-state index contributed by atoms with van der Waals surface area (Å²) >= 11 is 0. The Bertz CT molecular complexity index is 817. The summed E-state index contributed by atoms with van der Waals surface area (Å²) in [6.07, 6.45) is 13.8. The van der Waals surface area contributed by atoms with Crippen LogP contribution >= 0.6 is 0 Å². The topological polar surface area (TPSA) is 46.2 Å². The first kappa shape index (κ1) is 28.9. The maximum absolute atomic E-state index is 7.55. The maximum Gasteiger partial charge on any atom is 0.319 e. The van der Waals surface area contributed by atoms with Gasteiger partial charge in [-0.15, -0.1) is 0 Å². The van der Waals surface area contributed by atoms with E-state index in [1.165, 1.54) is 44.2 Å². The Balaban J connectivity index is 1.31. The second-order valence-electron chi connectivity index (χ2n) is 14.2. The van der Waals surface area contributed by atoms with Crippen LogP contribution in [-0.2, 0) is 21.8 Å². The zero-order chi connectivity index (χ0) is 26.3. The van der Waals surface area contributed by atoms with Crippen LogP contribution < -0.4 is 0 Å². The molecule has 5 nitrogen and oxygen atoms in total. The van der Waals surface area contributed by atoms with Crippen molar-refractivity contribution in [1.82, 2.24) is 0 Å². The largest absolute Gasteiger partial charge is 0.439 e. The van der Waals surface area contributed by atoms with Gasteiger partial charge in [0.1, 0.15) is 0 Å². The third-order valence-electron chi connectivity index (χ3n) is 10.6. The van der Waals surface area contributed by atoms with Gasteiger partial charge in [0.25, 0.3) is 0 Å². The van der Waals surface area contributed by atoms with E-state index in [4.69, 9.17) is 21.8 Å². The molecule has 4 fully saturated rings. The van der Waals surface area contributed by atoms with Crippen LogP contribution in [0, 0.1) is 29.1 Å². The Morgan fingerprint density at radius 1 is 1.05 bits per heavy atom. The van der Waals surface area contributed by atoms with Gasteiger partial charge in [-0.2, -0.15) is 0 Å². The van der Waals surface area contributed by atoms with Crippen molar-refractivity contribution in [3.05, 3.63) is 12.2 Å². The molecule has 2 heterocycles. The summed E-state index contributed by atoms with van der Waals surface area (Å²) in [5.41, 5.74) is 0.892. The first-order valence-electron chi connectivity index (χ1n) is 15.5. The minimum absolute atomic E-state index is 0.256. The van der Waals surface area contributed by atoms with Crippen LogP contribution in [0.5, 0.6) is 0 Å². The van der Waals surface area contributed by atoms with E-state index in [-0.39, 0.29) is 5.41 Å². The molecule has 0 amide bonds. The lowest BCUT2D eigenvalue weighted by molar-refractivity contribution is -0.150. The van der Waals surface area contributed by atoms with Crippen molar-refractivity contribution in [2.45, 2.75) is 108 Å². The predicted molar refractivity (Wildman–Crippen MR) is 160 cm³/mol. The highest BCUT2D eigenvalue weighted by Crippen LogP contribution is 2.64. The van der Waals surface area contributed by atoms with Gasteiger partial charge in [0, 0.05) is 17.6 Å². The van der Waals surface area contributed by atoms with E-state index >= 15 is 0 Å². The summed E-state index contributed by atoms with van der Waals surface area (Å²) in [7, 11) is -7.90. The van der Waals surface area contributed by atoms with E-state index in [9.17, 15) is 0 Å². The summed E-state index contributed by atoms with van der Waals surface area (Å²) in [5, 5.41) is 0. The molecule has 0 aromatic rings. The summed E-state index contributed by atoms with van der Waals surface area (Å²) in [5.74, 6) is 3.35. The minimum Gasteiger partial charge on any atom is -0.439 e. The molecule has 8 unspecified atom stereocenters. The van der Waals surface area contributed by atoms with E-state index in [2.05, 4.69) is 51.8 Å². The zero-order valence-electron chi connectivity index (χ0n) is 24.6. The number of hydrogen-bond donors (Lipinski definition) is 0. The number of rotatable bonds is 8. The van der Waals surface area contributed by atoms with Crippen molar-refractivity contribution in [2.24, 2.45) is 29.1 Å². The molecule has 37 heavy (non-hydrogen) atoms. The van der Waals surface area contributed by atoms with E-state index in [1.54, 1.807) is 0 Å². The Morgan fingerprint density at radius 2 is 1.86 bits per heavy atom. The summed E-state index contributed by atoms with van der Waals surface area (Å²) < 4.78 is 33.8. The van der Waals surface area contributed by atoms with Gasteiger partial charge in [0.15, 0.2) is 17.4 Å². The Hall–Kier alpha value is 0.408. The molecule has 3 aliphatic carbocycles. The molecule has 2 bridgehead atoms. The Labute approximate surface area is 231 Å². The fraction of sp³-hybridized carbons (Fsp3) is 0.929. The fourth-order valence-corrected chi connectivity index (χ4v) is 28.6. The van der Waals surface area contributed by atoms with Crippen molar-refractivity contribution in [3.8, 4) is 0 Å². The second kappa shape index (κ2) is 11.4. The zero-order valence-corrected chi connectivity index (χ0v) is 28.7. The van der Waals surface area contributed by atoms with Gasteiger partial charge in [-0.25, -0.2) is 0 Å². The molecule has 5 aliphatic rings. The number of ether oxygens (including phenoxy) is 2. The van der Waals surface area contributed by atoms with Crippen LogP contribution in [0.15, 0.2) is 12.2 Å². The van der Waals surface area contributed by atoms with Gasteiger partial charge in [-0.3, -0.25) is 0 Å². The van der Waals surface area contributed by atoms with E-state index in [0.717, 1.165) is 69.0 Å². The van der Waals surface area contributed by atoms with Crippen LogP contribution in [0.3, 0.4) is 0 Å². The van der Waals surface area contributed by atoms with Gasteiger partial charge < -0.3 is 21.8 Å². The third kappa shape index (κ3) is 6.35. The lowest BCUT2D eigenvalue weighted by Gasteiger charge is -2.47. The Kier molecular flexibility index (Phi) is 8.87. The van der Waals surface area contributed by atoms with Gasteiger partial charge >= 0.3 is 17.1 Å². The van der Waals surface area contributed by atoms with Crippen LogP contribution in [-0.4, -0.2) is 60.9 Å². The first-order chi connectivity index (χ1) is 17.6. The molecule has 0 spiro atoms. The van der Waals surface area contributed by atoms with Gasteiger partial charge in [0.05, 0.1) is 19.8 Å². The molecule has 8 atom stereocenters. The maximum atomic E-state index is 7.55. The number of hydrogen-bond acceptors (Lipinski definition) is 5. The van der Waals surface area contributed by atoms with Crippen LogP contribution in [0.1, 0.15) is 51.9 Å². The molecule has 5 rings (SSSR count).